The summed E-state index contributed by atoms with van der Waals surface area (Å²) in [5.74, 6) is -3.45. The van der Waals surface area contributed by atoms with Gasteiger partial charge in [-0.2, -0.15) is 0 Å². The number of unbranched alkanes of at least 4 members (excludes halogenated alkanes) is 1. The van der Waals surface area contributed by atoms with Crippen molar-refractivity contribution < 1.29 is 33.2 Å². The van der Waals surface area contributed by atoms with Gasteiger partial charge in [-0.3, -0.25) is 33.8 Å². The number of anilines is 1. The van der Waals surface area contributed by atoms with Gasteiger partial charge in [0.2, 0.25) is 35.4 Å². The van der Waals surface area contributed by atoms with Crippen molar-refractivity contribution in [2.24, 2.45) is 28.3 Å². The quantitative estimate of drug-likeness (QED) is 0.0370. The summed E-state index contributed by atoms with van der Waals surface area (Å²) in [5.41, 5.74) is 11.6. The minimum atomic E-state index is -1.08. The number of amides is 6. The van der Waals surface area contributed by atoms with Crippen molar-refractivity contribution in [3.05, 3.63) is 40.2 Å². The minimum Gasteiger partial charge on any atom is -0.423 e. The molecule has 0 spiro atoms. The Bertz CT molecular complexity index is 1740. The molecule has 0 saturated carbocycles. The first-order valence-corrected chi connectivity index (χ1v) is 18.7. The third-order valence-corrected chi connectivity index (χ3v) is 8.92. The highest BCUT2D eigenvalue weighted by atomic mass is 16.4. The van der Waals surface area contributed by atoms with E-state index in [4.69, 9.17) is 15.9 Å². The number of rotatable bonds is 22. The summed E-state index contributed by atoms with van der Waals surface area (Å²) < 4.78 is 5.33. The molecule has 17 heteroatoms. The van der Waals surface area contributed by atoms with E-state index in [0.717, 1.165) is 0 Å². The number of aryl methyl sites for hydroxylation is 1. The lowest BCUT2D eigenvalue weighted by atomic mass is 9.96. The van der Waals surface area contributed by atoms with Crippen LogP contribution in [0.4, 0.5) is 5.69 Å². The summed E-state index contributed by atoms with van der Waals surface area (Å²) in [6.45, 7) is 12.5. The number of nitrogens with two attached hydrogens (primary N) is 2. The van der Waals surface area contributed by atoms with Crippen molar-refractivity contribution in [1.82, 2.24) is 26.6 Å². The smallest absolute Gasteiger partial charge is 0.336 e. The largest absolute Gasteiger partial charge is 0.423 e. The SMILES string of the molecule is CC[C@H](C)[C@H](NC(=O)[C@H](CC(C)C)NC(=O)[C@H](CCCN=C(N)N)NC(C)=O)C(=O)N[C@@H](CCCCNC(C)=O)C(=O)Nc1ccc2c(C)cc(=O)oc2c1. The van der Waals surface area contributed by atoms with E-state index in [9.17, 15) is 33.6 Å². The molecule has 1 heterocycles. The first-order chi connectivity index (χ1) is 25.9. The molecule has 1 aromatic heterocycles. The van der Waals surface area contributed by atoms with Crippen LogP contribution in [-0.2, 0) is 28.8 Å². The molecule has 1 aromatic carbocycles. The third-order valence-electron chi connectivity index (χ3n) is 8.92. The summed E-state index contributed by atoms with van der Waals surface area (Å²) in [7, 11) is 0. The first kappa shape index (κ1) is 45.7. The maximum Gasteiger partial charge on any atom is 0.336 e. The van der Waals surface area contributed by atoms with Crippen LogP contribution in [0.25, 0.3) is 11.0 Å². The van der Waals surface area contributed by atoms with E-state index < -0.39 is 59.3 Å². The fourth-order valence-corrected chi connectivity index (χ4v) is 5.85. The average Bonchev–Trinajstić information content (AvgIpc) is 3.09. The van der Waals surface area contributed by atoms with Gasteiger partial charge in [0, 0.05) is 50.1 Å². The Labute approximate surface area is 322 Å². The first-order valence-electron chi connectivity index (χ1n) is 18.7. The van der Waals surface area contributed by atoms with Crippen LogP contribution in [0.3, 0.4) is 0 Å². The lowest BCUT2D eigenvalue weighted by Crippen LogP contribution is -2.59. The molecule has 0 saturated heterocycles. The van der Waals surface area contributed by atoms with Gasteiger partial charge in [0.25, 0.3) is 0 Å². The number of nitrogens with zero attached hydrogens (tertiary/aromatic N) is 1. The molecule has 2 aromatic rings. The molecule has 55 heavy (non-hydrogen) atoms. The van der Waals surface area contributed by atoms with Crippen molar-refractivity contribution in [3.63, 3.8) is 0 Å². The van der Waals surface area contributed by atoms with Gasteiger partial charge < -0.3 is 47.8 Å². The number of guanidine groups is 1. The van der Waals surface area contributed by atoms with Crippen LogP contribution in [0.1, 0.15) is 92.1 Å². The summed E-state index contributed by atoms with van der Waals surface area (Å²) in [4.78, 5) is 94.2. The predicted molar refractivity (Wildman–Crippen MR) is 211 cm³/mol. The summed E-state index contributed by atoms with van der Waals surface area (Å²) in [6.07, 6.45) is 2.53. The number of benzene rings is 1. The molecule has 0 fully saturated rings. The fourth-order valence-electron chi connectivity index (χ4n) is 5.85. The number of fused-ring (bicyclic) bond motifs is 1. The summed E-state index contributed by atoms with van der Waals surface area (Å²) in [5, 5.41) is 17.2. The molecule has 10 N–H and O–H groups in total. The standard InChI is InChI=1S/C38H59N9O8/c1-8-22(4)33(47-36(53)30(18-21(2)3)46-35(52)28(43-25(7)49)13-11-17-42-38(39)40)37(54)45-29(12-9-10-16-41-24(6)48)34(51)44-26-14-15-27-23(5)19-32(50)55-31(27)20-26/h14-15,19-22,28-30,33H,8-13,16-18H2,1-7H3,(H,41,48)(H,43,49)(H,44,51)(H,45,54)(H,46,52)(H,47,53)(H4,39,40,42)/t22-,28-,29-,30-,33-/m0/s1. The predicted octanol–water partition coefficient (Wildman–Crippen LogP) is 1.45. The zero-order valence-corrected chi connectivity index (χ0v) is 33.0. The lowest BCUT2D eigenvalue weighted by Gasteiger charge is -2.29. The molecule has 0 bridgehead atoms. The molecule has 0 radical (unpaired) electrons. The Kier molecular flexibility index (Phi) is 18.8. The molecule has 17 nitrogen and oxygen atoms in total. The number of hydrogen-bond acceptors (Lipinski definition) is 9. The molecule has 2 rings (SSSR count). The normalized spacial score (nSPS) is 13.7. The van der Waals surface area contributed by atoms with Crippen molar-refractivity contribution >= 4 is 58.1 Å². The highest BCUT2D eigenvalue weighted by molar-refractivity contribution is 6.00. The zero-order chi connectivity index (χ0) is 41.2. The van der Waals surface area contributed by atoms with Gasteiger partial charge in [0.15, 0.2) is 5.96 Å². The Morgan fingerprint density at radius 2 is 1.42 bits per heavy atom. The molecule has 5 atom stereocenters. The second-order valence-electron chi connectivity index (χ2n) is 14.3. The Hall–Kier alpha value is -5.48. The molecule has 0 aliphatic rings. The molecular formula is C38H59N9O8. The van der Waals surface area contributed by atoms with E-state index in [1.165, 1.54) is 26.0 Å². The van der Waals surface area contributed by atoms with Gasteiger partial charge >= 0.3 is 5.63 Å². The van der Waals surface area contributed by atoms with Crippen molar-refractivity contribution in [2.75, 3.05) is 18.4 Å². The molecular weight excluding hydrogens is 710 g/mol. The van der Waals surface area contributed by atoms with Crippen LogP contribution in [0.2, 0.25) is 0 Å². The average molecular weight is 770 g/mol. The molecule has 0 unspecified atom stereocenters. The van der Waals surface area contributed by atoms with Crippen molar-refractivity contribution in [3.8, 4) is 0 Å². The van der Waals surface area contributed by atoms with Crippen LogP contribution in [-0.4, -0.2) is 78.7 Å². The monoisotopic (exact) mass is 769 g/mol. The molecule has 0 aliphatic carbocycles. The van der Waals surface area contributed by atoms with Gasteiger partial charge in [-0.05, 0) is 75.0 Å². The molecule has 6 amide bonds. The highest BCUT2D eigenvalue weighted by Crippen LogP contribution is 2.21. The fraction of sp³-hybridized carbons (Fsp3) is 0.579. The molecule has 0 aliphatic heterocycles. The highest BCUT2D eigenvalue weighted by Gasteiger charge is 2.33. The number of hydrogen-bond donors (Lipinski definition) is 8. The zero-order valence-electron chi connectivity index (χ0n) is 33.0. The van der Waals surface area contributed by atoms with E-state index >= 15 is 0 Å². The number of carbonyl (C=O) groups excluding carboxylic acids is 6. The Morgan fingerprint density at radius 1 is 0.782 bits per heavy atom. The van der Waals surface area contributed by atoms with E-state index in [1.54, 1.807) is 26.0 Å². The van der Waals surface area contributed by atoms with E-state index in [0.29, 0.717) is 48.9 Å². The van der Waals surface area contributed by atoms with E-state index in [2.05, 4.69) is 36.9 Å². The van der Waals surface area contributed by atoms with E-state index in [-0.39, 0.29) is 55.1 Å². The number of aliphatic imine (C=N–C) groups is 1. The number of carbonyl (C=O) groups is 6. The molecule has 304 valence electrons. The van der Waals surface area contributed by atoms with E-state index in [1.807, 2.05) is 20.8 Å². The van der Waals surface area contributed by atoms with Gasteiger partial charge in [0.05, 0.1) is 0 Å². The van der Waals surface area contributed by atoms with Gasteiger partial charge in [-0.1, -0.05) is 34.1 Å². The van der Waals surface area contributed by atoms with Crippen LogP contribution < -0.4 is 49.0 Å². The third kappa shape index (κ3) is 16.2. The van der Waals surface area contributed by atoms with Crippen LogP contribution in [0.5, 0.6) is 0 Å². The second-order valence-corrected chi connectivity index (χ2v) is 14.3. The lowest BCUT2D eigenvalue weighted by molar-refractivity contribution is -0.135. The maximum atomic E-state index is 14.0. The van der Waals surface area contributed by atoms with Crippen LogP contribution in [0, 0.1) is 18.8 Å². The summed E-state index contributed by atoms with van der Waals surface area (Å²) in [6, 6.07) is 2.15. The van der Waals surface area contributed by atoms with Crippen LogP contribution >= 0.6 is 0 Å². The topological polar surface area (TPSA) is 269 Å². The van der Waals surface area contributed by atoms with Crippen LogP contribution in [0.15, 0.2) is 38.5 Å². The van der Waals surface area contributed by atoms with Gasteiger partial charge in [-0.25, -0.2) is 4.79 Å². The van der Waals surface area contributed by atoms with Crippen molar-refractivity contribution in [1.29, 1.82) is 0 Å². The minimum absolute atomic E-state index is 0.0365. The van der Waals surface area contributed by atoms with Gasteiger partial charge in [-0.15, -0.1) is 0 Å². The van der Waals surface area contributed by atoms with Crippen molar-refractivity contribution in [2.45, 2.75) is 118 Å². The Balaban J connectivity index is 2.31. The maximum absolute atomic E-state index is 14.0. The Morgan fingerprint density at radius 3 is 2.04 bits per heavy atom. The summed E-state index contributed by atoms with van der Waals surface area (Å²) >= 11 is 0. The van der Waals surface area contributed by atoms with Gasteiger partial charge in [0.1, 0.15) is 29.8 Å². The second kappa shape index (κ2) is 22.7. The number of nitrogens with one attached hydrogen (secondary N) is 6.